The van der Waals surface area contributed by atoms with Gasteiger partial charge in [-0.1, -0.05) is 5.92 Å². The fraction of sp³-hybridized carbons (Fsp3) is 0.625. The molecule has 0 radical (unpaired) electrons. The molecule has 0 aliphatic rings. The van der Waals surface area contributed by atoms with Crippen molar-refractivity contribution in [2.24, 2.45) is 5.73 Å². The van der Waals surface area contributed by atoms with E-state index in [2.05, 4.69) is 11.8 Å². The van der Waals surface area contributed by atoms with Gasteiger partial charge in [-0.15, -0.1) is 5.92 Å². The Kier molecular flexibility index (Phi) is 3.50. The topological polar surface area (TPSA) is 43.1 Å². The van der Waals surface area contributed by atoms with Gasteiger partial charge in [0.15, 0.2) is 11.3 Å². The van der Waals surface area contributed by atoms with Crippen molar-refractivity contribution in [3.8, 4) is 11.8 Å². The van der Waals surface area contributed by atoms with Gasteiger partial charge in [0.2, 0.25) is 0 Å². The summed E-state index contributed by atoms with van der Waals surface area (Å²) in [6.45, 7) is 2.08. The number of rotatable bonds is 2. The molecule has 0 aliphatic heterocycles. The molecule has 5 heteroatoms. The van der Waals surface area contributed by atoms with Crippen LogP contribution in [0.4, 0.5) is 13.2 Å². The molecule has 0 aromatic carbocycles. The van der Waals surface area contributed by atoms with Crippen LogP contribution in [0.1, 0.15) is 20.3 Å². The van der Waals surface area contributed by atoms with Gasteiger partial charge in [0.25, 0.3) is 0 Å². The van der Waals surface area contributed by atoms with Crippen LogP contribution in [0.2, 0.25) is 0 Å². The van der Waals surface area contributed by atoms with E-state index in [0.717, 1.165) is 0 Å². The van der Waals surface area contributed by atoms with Gasteiger partial charge in [0.05, 0.1) is 6.42 Å². The molecule has 0 aromatic heterocycles. The summed E-state index contributed by atoms with van der Waals surface area (Å²) in [7, 11) is 0. The first-order chi connectivity index (χ1) is 5.73. The number of carbonyl (C=O) groups is 1. The molecule has 1 unspecified atom stereocenters. The fourth-order valence-electron chi connectivity index (χ4n) is 0.510. The minimum atomic E-state index is -4.72. The van der Waals surface area contributed by atoms with E-state index in [4.69, 9.17) is 5.73 Å². The van der Waals surface area contributed by atoms with E-state index < -0.39 is 23.9 Å². The van der Waals surface area contributed by atoms with Crippen molar-refractivity contribution in [3.05, 3.63) is 0 Å². The van der Waals surface area contributed by atoms with Crippen molar-refractivity contribution >= 4 is 5.78 Å². The Hall–Kier alpha value is -1.02. The lowest BCUT2D eigenvalue weighted by molar-refractivity contribution is -0.185. The molecule has 0 aliphatic carbocycles. The molecule has 74 valence electrons. The van der Waals surface area contributed by atoms with Crippen LogP contribution < -0.4 is 5.73 Å². The minimum Gasteiger partial charge on any atom is -0.312 e. The summed E-state index contributed by atoms with van der Waals surface area (Å²) < 4.78 is 36.4. The molecular formula is C8H10F3NO. The molecule has 0 amide bonds. The van der Waals surface area contributed by atoms with Crippen molar-refractivity contribution in [2.75, 3.05) is 0 Å². The second-order valence-electron chi connectivity index (χ2n) is 2.73. The lowest BCUT2D eigenvalue weighted by Gasteiger charge is -2.24. The Bertz CT molecular complexity index is 257. The number of hydrogen-bond acceptors (Lipinski definition) is 2. The molecule has 0 saturated carbocycles. The normalized spacial score (nSPS) is 15.5. The average Bonchev–Trinajstić information content (AvgIpc) is 1.97. The standard InChI is InChI=1S/C8H10F3NO/c1-3-4-5-6(13)7(2,12)8(9,10)11/h5,12H2,1-2H3. The Morgan fingerprint density at radius 1 is 1.46 bits per heavy atom. The van der Waals surface area contributed by atoms with Crippen LogP contribution in [0.25, 0.3) is 0 Å². The molecule has 13 heavy (non-hydrogen) atoms. The zero-order valence-corrected chi connectivity index (χ0v) is 7.33. The highest BCUT2D eigenvalue weighted by atomic mass is 19.4. The van der Waals surface area contributed by atoms with Gasteiger partial charge in [-0.25, -0.2) is 0 Å². The van der Waals surface area contributed by atoms with Crippen LogP contribution in [-0.4, -0.2) is 17.5 Å². The maximum atomic E-state index is 12.1. The van der Waals surface area contributed by atoms with Gasteiger partial charge in [0, 0.05) is 0 Å². The van der Waals surface area contributed by atoms with Crippen LogP contribution in [0.3, 0.4) is 0 Å². The third-order valence-corrected chi connectivity index (χ3v) is 1.59. The summed E-state index contributed by atoms with van der Waals surface area (Å²) in [4.78, 5) is 10.9. The van der Waals surface area contributed by atoms with E-state index >= 15 is 0 Å². The summed E-state index contributed by atoms with van der Waals surface area (Å²) in [6, 6.07) is 0. The van der Waals surface area contributed by atoms with Crippen molar-refractivity contribution in [1.29, 1.82) is 0 Å². The Labute approximate surface area is 74.3 Å². The Balaban J connectivity index is 4.61. The first-order valence-electron chi connectivity index (χ1n) is 3.52. The second kappa shape index (κ2) is 3.79. The van der Waals surface area contributed by atoms with Crippen LogP contribution in [0, 0.1) is 11.8 Å². The maximum absolute atomic E-state index is 12.1. The van der Waals surface area contributed by atoms with E-state index in [1.165, 1.54) is 6.92 Å². The number of nitrogens with two attached hydrogens (primary N) is 1. The number of alkyl halides is 3. The SMILES string of the molecule is CC#CCC(=O)C(C)(N)C(F)(F)F. The van der Waals surface area contributed by atoms with E-state index in [1.807, 2.05) is 0 Å². The number of halogens is 3. The van der Waals surface area contributed by atoms with Crippen molar-refractivity contribution < 1.29 is 18.0 Å². The predicted octanol–water partition coefficient (Wildman–Crippen LogP) is 1.25. The van der Waals surface area contributed by atoms with Crippen LogP contribution >= 0.6 is 0 Å². The number of Topliss-reactive ketones (excluding diaryl/α,β-unsaturated/α-hetero) is 1. The first-order valence-corrected chi connectivity index (χ1v) is 3.52. The monoisotopic (exact) mass is 193 g/mol. The highest BCUT2D eigenvalue weighted by Gasteiger charge is 2.52. The molecule has 0 rings (SSSR count). The minimum absolute atomic E-state index is 0.469. The van der Waals surface area contributed by atoms with Crippen LogP contribution in [0.5, 0.6) is 0 Å². The van der Waals surface area contributed by atoms with E-state index in [9.17, 15) is 18.0 Å². The van der Waals surface area contributed by atoms with Gasteiger partial charge < -0.3 is 5.73 Å². The van der Waals surface area contributed by atoms with Gasteiger partial charge in [-0.3, -0.25) is 4.79 Å². The molecular weight excluding hydrogens is 183 g/mol. The smallest absolute Gasteiger partial charge is 0.312 e. The lowest BCUT2D eigenvalue weighted by Crippen LogP contribution is -2.56. The molecule has 2 nitrogen and oxygen atoms in total. The Morgan fingerprint density at radius 3 is 2.23 bits per heavy atom. The van der Waals surface area contributed by atoms with E-state index in [1.54, 1.807) is 0 Å². The summed E-state index contributed by atoms with van der Waals surface area (Å²) >= 11 is 0. The highest BCUT2D eigenvalue weighted by molar-refractivity contribution is 5.90. The fourth-order valence-corrected chi connectivity index (χ4v) is 0.510. The van der Waals surface area contributed by atoms with Gasteiger partial charge in [0.1, 0.15) is 0 Å². The van der Waals surface area contributed by atoms with Gasteiger partial charge in [-0.2, -0.15) is 13.2 Å². The largest absolute Gasteiger partial charge is 0.413 e. The third-order valence-electron chi connectivity index (χ3n) is 1.59. The lowest BCUT2D eigenvalue weighted by atomic mass is 9.95. The van der Waals surface area contributed by atoms with Crippen molar-refractivity contribution in [3.63, 3.8) is 0 Å². The third kappa shape index (κ3) is 2.74. The maximum Gasteiger partial charge on any atom is 0.413 e. The molecule has 2 N–H and O–H groups in total. The molecule has 0 saturated heterocycles. The first kappa shape index (κ1) is 12.0. The summed E-state index contributed by atoms with van der Waals surface area (Å²) in [6.07, 6.45) is -5.19. The molecule has 1 atom stereocenters. The summed E-state index contributed by atoms with van der Waals surface area (Å²) in [5.74, 6) is 3.46. The van der Waals surface area contributed by atoms with Gasteiger partial charge >= 0.3 is 6.18 Å². The second-order valence-corrected chi connectivity index (χ2v) is 2.73. The van der Waals surface area contributed by atoms with Gasteiger partial charge in [-0.05, 0) is 13.8 Å². The summed E-state index contributed by atoms with van der Waals surface area (Å²) in [5, 5.41) is 0. The zero-order chi connectivity index (χ0) is 10.7. The summed E-state index contributed by atoms with van der Waals surface area (Å²) in [5.41, 5.74) is 2.04. The van der Waals surface area contributed by atoms with Crippen LogP contribution in [-0.2, 0) is 4.79 Å². The van der Waals surface area contributed by atoms with E-state index in [-0.39, 0.29) is 0 Å². The number of ketones is 1. The van der Waals surface area contributed by atoms with Crippen molar-refractivity contribution in [1.82, 2.24) is 0 Å². The van der Waals surface area contributed by atoms with Crippen molar-refractivity contribution in [2.45, 2.75) is 32.0 Å². The molecule has 0 aromatic rings. The Morgan fingerprint density at radius 2 is 1.92 bits per heavy atom. The zero-order valence-electron chi connectivity index (χ0n) is 7.33. The average molecular weight is 193 g/mol. The molecule has 0 bridgehead atoms. The number of hydrogen-bond donors (Lipinski definition) is 1. The van der Waals surface area contributed by atoms with Crippen LogP contribution in [0.15, 0.2) is 0 Å². The highest BCUT2D eigenvalue weighted by Crippen LogP contribution is 2.29. The molecule has 0 heterocycles. The quantitative estimate of drug-likeness (QED) is 0.670. The number of carbonyl (C=O) groups excluding carboxylic acids is 1. The van der Waals surface area contributed by atoms with E-state index in [0.29, 0.717) is 6.92 Å². The molecule has 0 spiro atoms. The molecule has 0 fully saturated rings. The predicted molar refractivity (Wildman–Crippen MR) is 41.7 cm³/mol.